The molecule has 6 nitrogen and oxygen atoms in total. The summed E-state index contributed by atoms with van der Waals surface area (Å²) in [5.41, 5.74) is 4.80. The number of aromatic amines is 1. The van der Waals surface area contributed by atoms with Crippen LogP contribution in [0.4, 0.5) is 4.39 Å². The predicted molar refractivity (Wildman–Crippen MR) is 125 cm³/mol. The number of fused-ring (bicyclic) bond motifs is 2. The SMILES string of the molecule is O=C(CSc1nc2c(c(=O)[nH]1)CN(Cc1ccc(F)cc1)CC2)N[C@H]1CCc2ccccc21. The lowest BCUT2D eigenvalue weighted by atomic mass is 10.1. The second-order valence-corrected chi connectivity index (χ2v) is 9.49. The van der Waals surface area contributed by atoms with E-state index < -0.39 is 0 Å². The first-order chi connectivity index (χ1) is 16.0. The fourth-order valence-corrected chi connectivity index (χ4v) is 5.28. The van der Waals surface area contributed by atoms with E-state index in [1.54, 1.807) is 12.1 Å². The van der Waals surface area contributed by atoms with Gasteiger partial charge in [0.15, 0.2) is 5.16 Å². The van der Waals surface area contributed by atoms with E-state index in [0.29, 0.717) is 30.2 Å². The standard InChI is InChI=1S/C25H25FN4O2S/c26-18-8-5-16(6-9-18)13-30-12-11-22-20(14-30)24(32)29-25(28-22)33-15-23(31)27-21-10-7-17-3-1-2-4-19(17)21/h1-6,8-9,21H,7,10-15H2,(H,27,31)(H,28,29,32)/t21-/m0/s1. The molecule has 0 spiro atoms. The Kier molecular flexibility index (Phi) is 6.28. The van der Waals surface area contributed by atoms with Gasteiger partial charge in [-0.2, -0.15) is 0 Å². The molecule has 1 aliphatic carbocycles. The van der Waals surface area contributed by atoms with Crippen LogP contribution in [-0.2, 0) is 30.7 Å². The molecule has 5 rings (SSSR count). The fraction of sp³-hybridized carbons (Fsp3) is 0.320. The highest BCUT2D eigenvalue weighted by Crippen LogP contribution is 2.30. The number of nitrogens with one attached hydrogen (secondary N) is 2. The number of amides is 1. The zero-order chi connectivity index (χ0) is 22.8. The Hall–Kier alpha value is -2.97. The van der Waals surface area contributed by atoms with E-state index in [4.69, 9.17) is 0 Å². The van der Waals surface area contributed by atoms with E-state index in [-0.39, 0.29) is 29.1 Å². The quantitative estimate of drug-likeness (QED) is 0.432. The monoisotopic (exact) mass is 464 g/mol. The molecule has 0 saturated carbocycles. The van der Waals surface area contributed by atoms with Crippen molar-refractivity contribution in [3.8, 4) is 0 Å². The van der Waals surface area contributed by atoms with E-state index in [2.05, 4.69) is 32.3 Å². The van der Waals surface area contributed by atoms with E-state index in [0.717, 1.165) is 30.6 Å². The molecule has 0 fully saturated rings. The van der Waals surface area contributed by atoms with Crippen LogP contribution in [0.3, 0.4) is 0 Å². The number of carbonyl (C=O) groups is 1. The maximum Gasteiger partial charge on any atom is 0.256 e. The number of thioether (sulfide) groups is 1. The second-order valence-electron chi connectivity index (χ2n) is 8.53. The molecule has 3 aromatic rings. The first-order valence-corrected chi connectivity index (χ1v) is 12.1. The minimum atomic E-state index is -0.254. The molecule has 1 aliphatic heterocycles. The predicted octanol–water partition coefficient (Wildman–Crippen LogP) is 3.36. The van der Waals surface area contributed by atoms with Crippen LogP contribution in [-0.4, -0.2) is 33.1 Å². The third-order valence-electron chi connectivity index (χ3n) is 6.25. The number of aryl methyl sites for hydroxylation is 1. The summed E-state index contributed by atoms with van der Waals surface area (Å²) in [6.45, 7) is 1.92. The molecule has 0 unspecified atom stereocenters. The summed E-state index contributed by atoms with van der Waals surface area (Å²) in [4.78, 5) is 34.8. The number of carbonyl (C=O) groups excluding carboxylic acids is 1. The molecule has 1 aromatic heterocycles. The molecule has 0 saturated heterocycles. The van der Waals surface area contributed by atoms with Crippen LogP contribution < -0.4 is 10.9 Å². The van der Waals surface area contributed by atoms with E-state index >= 15 is 0 Å². The number of hydrogen-bond acceptors (Lipinski definition) is 5. The molecule has 2 aromatic carbocycles. The van der Waals surface area contributed by atoms with Gasteiger partial charge in [0, 0.05) is 26.1 Å². The molecule has 2 heterocycles. The van der Waals surface area contributed by atoms with Crippen LogP contribution >= 0.6 is 11.8 Å². The molecule has 33 heavy (non-hydrogen) atoms. The molecule has 0 radical (unpaired) electrons. The molecule has 2 N–H and O–H groups in total. The van der Waals surface area contributed by atoms with Gasteiger partial charge in [0.1, 0.15) is 5.82 Å². The molecule has 1 amide bonds. The van der Waals surface area contributed by atoms with Crippen molar-refractivity contribution in [1.29, 1.82) is 0 Å². The molecular formula is C25H25FN4O2S. The summed E-state index contributed by atoms with van der Waals surface area (Å²) >= 11 is 1.26. The first kappa shape index (κ1) is 21.9. The Labute approximate surface area is 195 Å². The van der Waals surface area contributed by atoms with Crippen LogP contribution in [0.15, 0.2) is 58.5 Å². The van der Waals surface area contributed by atoms with E-state index in [1.807, 2.05) is 12.1 Å². The van der Waals surface area contributed by atoms with Crippen molar-refractivity contribution in [2.24, 2.45) is 0 Å². The Bertz CT molecular complexity index is 1230. The highest BCUT2D eigenvalue weighted by molar-refractivity contribution is 7.99. The van der Waals surface area contributed by atoms with Gasteiger partial charge < -0.3 is 10.3 Å². The van der Waals surface area contributed by atoms with Gasteiger partial charge >= 0.3 is 0 Å². The van der Waals surface area contributed by atoms with Crippen LogP contribution in [0, 0.1) is 5.82 Å². The Balaban J connectivity index is 1.18. The molecule has 8 heteroatoms. The van der Waals surface area contributed by atoms with Crippen LogP contribution in [0.5, 0.6) is 0 Å². The molecule has 0 bridgehead atoms. The van der Waals surface area contributed by atoms with Gasteiger partial charge in [0.25, 0.3) is 5.56 Å². The normalized spacial score (nSPS) is 17.4. The fourth-order valence-electron chi connectivity index (χ4n) is 4.59. The smallest absolute Gasteiger partial charge is 0.256 e. The van der Waals surface area contributed by atoms with Gasteiger partial charge in [-0.25, -0.2) is 9.37 Å². The number of nitrogens with zero attached hydrogens (tertiary/aromatic N) is 2. The van der Waals surface area contributed by atoms with Gasteiger partial charge in [-0.05, 0) is 41.7 Å². The van der Waals surface area contributed by atoms with E-state index in [9.17, 15) is 14.0 Å². The highest BCUT2D eigenvalue weighted by atomic mass is 32.2. The van der Waals surface area contributed by atoms with Crippen LogP contribution in [0.25, 0.3) is 0 Å². The molecule has 170 valence electrons. The Morgan fingerprint density at radius 1 is 1.18 bits per heavy atom. The van der Waals surface area contributed by atoms with Crippen LogP contribution in [0.1, 0.15) is 40.4 Å². The zero-order valence-electron chi connectivity index (χ0n) is 18.1. The maximum absolute atomic E-state index is 13.1. The molecular weight excluding hydrogens is 439 g/mol. The lowest BCUT2D eigenvalue weighted by Crippen LogP contribution is -2.35. The topological polar surface area (TPSA) is 78.1 Å². The van der Waals surface area contributed by atoms with Gasteiger partial charge in [0.2, 0.25) is 5.91 Å². The number of H-pyrrole nitrogens is 1. The number of benzene rings is 2. The van der Waals surface area contributed by atoms with Crippen molar-refractivity contribution in [3.05, 3.63) is 92.6 Å². The summed E-state index contributed by atoms with van der Waals surface area (Å²) in [7, 11) is 0. The first-order valence-electron chi connectivity index (χ1n) is 11.1. The average Bonchev–Trinajstić information content (AvgIpc) is 3.22. The van der Waals surface area contributed by atoms with Crippen molar-refractivity contribution >= 4 is 17.7 Å². The minimum absolute atomic E-state index is 0.0527. The van der Waals surface area contributed by atoms with Crippen molar-refractivity contribution in [1.82, 2.24) is 20.2 Å². The van der Waals surface area contributed by atoms with Gasteiger partial charge in [-0.3, -0.25) is 14.5 Å². The van der Waals surface area contributed by atoms with Crippen molar-refractivity contribution in [3.63, 3.8) is 0 Å². The number of hydrogen-bond donors (Lipinski definition) is 2. The van der Waals surface area contributed by atoms with Gasteiger partial charge in [-0.1, -0.05) is 48.2 Å². The second kappa shape index (κ2) is 9.49. The van der Waals surface area contributed by atoms with E-state index in [1.165, 1.54) is 35.0 Å². The number of aromatic nitrogens is 2. The van der Waals surface area contributed by atoms with Crippen molar-refractivity contribution in [2.45, 2.75) is 43.6 Å². The largest absolute Gasteiger partial charge is 0.349 e. The Morgan fingerprint density at radius 3 is 2.85 bits per heavy atom. The lowest BCUT2D eigenvalue weighted by Gasteiger charge is -2.27. The lowest BCUT2D eigenvalue weighted by molar-refractivity contribution is -0.119. The summed E-state index contributed by atoms with van der Waals surface area (Å²) in [6, 6.07) is 14.7. The van der Waals surface area contributed by atoms with Crippen molar-refractivity contribution < 1.29 is 9.18 Å². The zero-order valence-corrected chi connectivity index (χ0v) is 19.0. The Morgan fingerprint density at radius 2 is 2.00 bits per heavy atom. The molecule has 1 atom stereocenters. The van der Waals surface area contributed by atoms with Crippen molar-refractivity contribution in [2.75, 3.05) is 12.3 Å². The summed E-state index contributed by atoms with van der Waals surface area (Å²) in [5, 5.41) is 3.58. The number of halogens is 1. The highest BCUT2D eigenvalue weighted by Gasteiger charge is 2.24. The summed E-state index contributed by atoms with van der Waals surface area (Å²) in [5.74, 6) is -0.112. The summed E-state index contributed by atoms with van der Waals surface area (Å²) < 4.78 is 13.1. The maximum atomic E-state index is 13.1. The average molecular weight is 465 g/mol. The minimum Gasteiger partial charge on any atom is -0.349 e. The van der Waals surface area contributed by atoms with Gasteiger partial charge in [0.05, 0.1) is 23.1 Å². The summed E-state index contributed by atoms with van der Waals surface area (Å²) in [6.07, 6.45) is 2.56. The molecule has 2 aliphatic rings. The van der Waals surface area contributed by atoms with Crippen LogP contribution in [0.2, 0.25) is 0 Å². The third-order valence-corrected chi connectivity index (χ3v) is 7.13. The van der Waals surface area contributed by atoms with Gasteiger partial charge in [-0.15, -0.1) is 0 Å². The number of rotatable bonds is 6. The third kappa shape index (κ3) is 5.02.